The highest BCUT2D eigenvalue weighted by molar-refractivity contribution is 5.05. The second kappa shape index (κ2) is 6.31. The molecule has 5 heteroatoms. The third kappa shape index (κ3) is 3.10. The molecule has 3 N–H and O–H groups in total. The van der Waals surface area contributed by atoms with Crippen molar-refractivity contribution in [3.05, 3.63) is 18.0 Å². The van der Waals surface area contributed by atoms with Crippen molar-refractivity contribution in [1.82, 2.24) is 14.7 Å². The molecule has 0 amide bonds. The molecule has 2 atom stereocenters. The Morgan fingerprint density at radius 3 is 3.06 bits per heavy atom. The second-order valence-corrected chi connectivity index (χ2v) is 5.18. The summed E-state index contributed by atoms with van der Waals surface area (Å²) in [5.74, 6) is 0. The highest BCUT2D eigenvalue weighted by Crippen LogP contribution is 2.24. The summed E-state index contributed by atoms with van der Waals surface area (Å²) in [7, 11) is 0. The summed E-state index contributed by atoms with van der Waals surface area (Å²) in [6.07, 6.45) is 7.64. The molecule has 1 aromatic heterocycles. The Labute approximate surface area is 109 Å². The van der Waals surface area contributed by atoms with Gasteiger partial charge in [-0.2, -0.15) is 5.10 Å². The van der Waals surface area contributed by atoms with Crippen molar-refractivity contribution in [1.29, 1.82) is 0 Å². The van der Waals surface area contributed by atoms with E-state index in [9.17, 15) is 0 Å². The lowest BCUT2D eigenvalue weighted by Crippen LogP contribution is -2.48. The van der Waals surface area contributed by atoms with E-state index in [1.165, 1.54) is 24.8 Å². The Hall–Kier alpha value is -0.910. The second-order valence-electron chi connectivity index (χ2n) is 5.18. The molecular weight excluding hydrogens is 228 g/mol. The molecule has 102 valence electrons. The van der Waals surface area contributed by atoms with Crippen molar-refractivity contribution in [2.75, 3.05) is 13.2 Å². The number of aliphatic hydroxyl groups is 1. The van der Waals surface area contributed by atoms with Gasteiger partial charge in [0.25, 0.3) is 0 Å². The van der Waals surface area contributed by atoms with E-state index >= 15 is 0 Å². The summed E-state index contributed by atoms with van der Waals surface area (Å²) in [6, 6.07) is 1.09. The monoisotopic (exact) mass is 252 g/mol. The third-order valence-corrected chi connectivity index (χ3v) is 3.85. The Morgan fingerprint density at radius 1 is 1.50 bits per heavy atom. The van der Waals surface area contributed by atoms with Gasteiger partial charge < -0.3 is 10.8 Å². The first-order valence-corrected chi connectivity index (χ1v) is 6.82. The molecule has 1 aliphatic rings. The van der Waals surface area contributed by atoms with Gasteiger partial charge in [0.15, 0.2) is 0 Å². The number of hydrogen-bond donors (Lipinski definition) is 2. The molecule has 0 aromatic carbocycles. The molecule has 0 radical (unpaired) electrons. The lowest BCUT2D eigenvalue weighted by atomic mass is 9.96. The SMILES string of the molecule is CC1CCCC(CN)N1Cc1cnn(CCO)c1. The van der Waals surface area contributed by atoms with Gasteiger partial charge in [-0.25, -0.2) is 0 Å². The minimum Gasteiger partial charge on any atom is -0.394 e. The van der Waals surface area contributed by atoms with Crippen LogP contribution >= 0.6 is 0 Å². The first-order valence-electron chi connectivity index (χ1n) is 6.82. The van der Waals surface area contributed by atoms with E-state index in [1.54, 1.807) is 4.68 Å². The van der Waals surface area contributed by atoms with Crippen LogP contribution in [0.15, 0.2) is 12.4 Å². The number of piperidine rings is 1. The molecule has 18 heavy (non-hydrogen) atoms. The van der Waals surface area contributed by atoms with Gasteiger partial charge in [0, 0.05) is 36.9 Å². The first kappa shape index (κ1) is 13.5. The molecule has 0 aliphatic carbocycles. The van der Waals surface area contributed by atoms with Gasteiger partial charge in [0.05, 0.1) is 19.3 Å². The summed E-state index contributed by atoms with van der Waals surface area (Å²) in [5.41, 5.74) is 7.07. The minimum absolute atomic E-state index is 0.132. The summed E-state index contributed by atoms with van der Waals surface area (Å²) in [4.78, 5) is 2.49. The summed E-state index contributed by atoms with van der Waals surface area (Å²) < 4.78 is 1.79. The zero-order valence-corrected chi connectivity index (χ0v) is 11.1. The van der Waals surface area contributed by atoms with Crippen molar-refractivity contribution >= 4 is 0 Å². The molecule has 1 aliphatic heterocycles. The van der Waals surface area contributed by atoms with Crippen molar-refractivity contribution < 1.29 is 5.11 Å². The van der Waals surface area contributed by atoms with Crippen LogP contribution in [0.2, 0.25) is 0 Å². The zero-order valence-electron chi connectivity index (χ0n) is 11.1. The van der Waals surface area contributed by atoms with Gasteiger partial charge in [0.1, 0.15) is 0 Å². The number of nitrogens with zero attached hydrogens (tertiary/aromatic N) is 3. The van der Waals surface area contributed by atoms with Crippen LogP contribution < -0.4 is 5.73 Å². The smallest absolute Gasteiger partial charge is 0.0640 e. The van der Waals surface area contributed by atoms with Gasteiger partial charge >= 0.3 is 0 Å². The summed E-state index contributed by atoms with van der Waals surface area (Å²) in [5, 5.41) is 13.1. The molecule has 0 spiro atoms. The predicted octanol–water partition coefficient (Wildman–Crippen LogP) is 0.577. The van der Waals surface area contributed by atoms with Crippen LogP contribution in [0, 0.1) is 0 Å². The minimum atomic E-state index is 0.132. The van der Waals surface area contributed by atoms with Gasteiger partial charge in [-0.1, -0.05) is 6.42 Å². The van der Waals surface area contributed by atoms with Gasteiger partial charge in [0.2, 0.25) is 0 Å². The quantitative estimate of drug-likeness (QED) is 0.804. The van der Waals surface area contributed by atoms with Crippen LogP contribution in [0.25, 0.3) is 0 Å². The Bertz CT molecular complexity index is 366. The van der Waals surface area contributed by atoms with Crippen LogP contribution in [0.1, 0.15) is 31.7 Å². The first-order chi connectivity index (χ1) is 8.74. The van der Waals surface area contributed by atoms with Crippen LogP contribution in [0.3, 0.4) is 0 Å². The van der Waals surface area contributed by atoms with E-state index in [0.29, 0.717) is 18.6 Å². The molecule has 0 bridgehead atoms. The van der Waals surface area contributed by atoms with Gasteiger partial charge in [-0.3, -0.25) is 9.58 Å². The maximum absolute atomic E-state index is 8.88. The van der Waals surface area contributed by atoms with Crippen molar-refractivity contribution in [2.45, 2.75) is 51.4 Å². The summed E-state index contributed by atoms with van der Waals surface area (Å²) in [6.45, 7) is 4.62. The zero-order chi connectivity index (χ0) is 13.0. The lowest BCUT2D eigenvalue weighted by molar-refractivity contribution is 0.0892. The van der Waals surface area contributed by atoms with Crippen molar-refractivity contribution in [3.8, 4) is 0 Å². The molecule has 2 rings (SSSR count). The number of likely N-dealkylation sites (tertiary alicyclic amines) is 1. The number of hydrogen-bond acceptors (Lipinski definition) is 4. The molecular formula is C13H24N4O. The lowest BCUT2D eigenvalue weighted by Gasteiger charge is -2.40. The molecule has 0 saturated carbocycles. The average molecular weight is 252 g/mol. The van der Waals surface area contributed by atoms with Gasteiger partial charge in [-0.05, 0) is 19.8 Å². The normalized spacial score (nSPS) is 25.5. The summed E-state index contributed by atoms with van der Waals surface area (Å²) >= 11 is 0. The highest BCUT2D eigenvalue weighted by Gasteiger charge is 2.26. The van der Waals surface area contributed by atoms with Crippen LogP contribution in [0.4, 0.5) is 0 Å². The fourth-order valence-electron chi connectivity index (χ4n) is 2.80. The molecule has 1 saturated heterocycles. The van der Waals surface area contributed by atoms with Crippen LogP contribution in [-0.4, -0.2) is 45.0 Å². The topological polar surface area (TPSA) is 67.3 Å². The van der Waals surface area contributed by atoms with E-state index in [4.69, 9.17) is 10.8 Å². The highest BCUT2D eigenvalue weighted by atomic mass is 16.3. The molecule has 5 nitrogen and oxygen atoms in total. The standard InChI is InChI=1S/C13H24N4O/c1-11-3-2-4-13(7-14)17(11)10-12-8-15-16(9-12)5-6-18/h8-9,11,13,18H,2-7,10,14H2,1H3. The fraction of sp³-hybridized carbons (Fsp3) is 0.769. The predicted molar refractivity (Wildman–Crippen MR) is 71.0 cm³/mol. The fourth-order valence-corrected chi connectivity index (χ4v) is 2.80. The van der Waals surface area contributed by atoms with E-state index in [0.717, 1.165) is 13.1 Å². The van der Waals surface area contributed by atoms with E-state index in [-0.39, 0.29) is 6.61 Å². The Balaban J connectivity index is 2.00. The van der Waals surface area contributed by atoms with E-state index in [2.05, 4.69) is 16.9 Å². The van der Waals surface area contributed by atoms with E-state index < -0.39 is 0 Å². The van der Waals surface area contributed by atoms with Crippen molar-refractivity contribution in [3.63, 3.8) is 0 Å². The maximum atomic E-state index is 8.88. The number of aliphatic hydroxyl groups excluding tert-OH is 1. The largest absolute Gasteiger partial charge is 0.394 e. The van der Waals surface area contributed by atoms with Crippen LogP contribution in [-0.2, 0) is 13.1 Å². The molecule has 2 heterocycles. The maximum Gasteiger partial charge on any atom is 0.0640 e. The molecule has 1 aromatic rings. The van der Waals surface area contributed by atoms with E-state index in [1.807, 2.05) is 12.4 Å². The number of rotatable bonds is 5. The Morgan fingerprint density at radius 2 is 2.33 bits per heavy atom. The van der Waals surface area contributed by atoms with Crippen molar-refractivity contribution in [2.24, 2.45) is 5.73 Å². The third-order valence-electron chi connectivity index (χ3n) is 3.85. The molecule has 2 unspecified atom stereocenters. The van der Waals surface area contributed by atoms with Gasteiger partial charge in [-0.15, -0.1) is 0 Å². The molecule has 1 fully saturated rings. The van der Waals surface area contributed by atoms with Crippen LogP contribution in [0.5, 0.6) is 0 Å². The number of aromatic nitrogens is 2. The Kier molecular flexibility index (Phi) is 4.74. The average Bonchev–Trinajstić information content (AvgIpc) is 2.80. The number of nitrogens with two attached hydrogens (primary N) is 1.